The summed E-state index contributed by atoms with van der Waals surface area (Å²) in [5.41, 5.74) is 0. The van der Waals surface area contributed by atoms with Gasteiger partial charge in [-0.2, -0.15) is 0 Å². The molecule has 6 atom stereocenters. The van der Waals surface area contributed by atoms with Crippen LogP contribution in [0.4, 0.5) is 0 Å². The van der Waals surface area contributed by atoms with Crippen LogP contribution in [0.1, 0.15) is 38.5 Å². The maximum absolute atomic E-state index is 12.2. The highest BCUT2D eigenvalue weighted by molar-refractivity contribution is 5.74. The molecule has 9 nitrogen and oxygen atoms in total. The number of carboxylic acids is 1. The minimum absolute atomic E-state index is 0.115. The monoisotopic (exact) mass is 376 g/mol. The lowest BCUT2D eigenvalue weighted by Gasteiger charge is -2.39. The number of unbranched alkanes of at least 4 members (excludes halogenated alkanes) is 3. The molecule has 0 amide bonds. The largest absolute Gasteiger partial charge is 0.481 e. The maximum atomic E-state index is 12.2. The topological polar surface area (TPSA) is 154 Å². The highest BCUT2D eigenvalue weighted by Crippen LogP contribution is 2.24. The Morgan fingerprint density at radius 3 is 2.31 bits per heavy atom. The predicted molar refractivity (Wildman–Crippen MR) is 88.9 cm³/mol. The van der Waals surface area contributed by atoms with E-state index in [4.69, 9.17) is 19.7 Å². The number of carboxylic acid groups (broad SMARTS) is 1. The molecular formula is C17H28O9. The molecule has 1 aliphatic rings. The molecule has 0 aromatic rings. The lowest BCUT2D eigenvalue weighted by molar-refractivity contribution is -0.293. The van der Waals surface area contributed by atoms with Gasteiger partial charge in [-0.15, -0.1) is 6.58 Å². The molecule has 2 unspecified atom stereocenters. The molecule has 0 saturated carbocycles. The van der Waals surface area contributed by atoms with E-state index in [0.29, 0.717) is 19.3 Å². The van der Waals surface area contributed by atoms with Gasteiger partial charge in [-0.1, -0.05) is 25.3 Å². The van der Waals surface area contributed by atoms with Gasteiger partial charge in [0.25, 0.3) is 0 Å². The Labute approximate surface area is 151 Å². The van der Waals surface area contributed by atoms with Crippen molar-refractivity contribution in [2.75, 3.05) is 6.61 Å². The van der Waals surface area contributed by atoms with Crippen molar-refractivity contribution in [1.29, 1.82) is 0 Å². The molecule has 0 bridgehead atoms. The second-order valence-electron chi connectivity index (χ2n) is 6.32. The first-order valence-corrected chi connectivity index (χ1v) is 8.67. The molecule has 0 radical (unpaired) electrons. The van der Waals surface area contributed by atoms with Gasteiger partial charge in [-0.25, -0.2) is 0 Å². The van der Waals surface area contributed by atoms with Crippen LogP contribution in [0, 0.1) is 5.92 Å². The number of ether oxygens (including phenoxy) is 2. The Balaban J connectivity index is 2.45. The summed E-state index contributed by atoms with van der Waals surface area (Å²) in [5.74, 6) is -2.19. The number of hydrogen-bond acceptors (Lipinski definition) is 8. The van der Waals surface area contributed by atoms with Gasteiger partial charge in [0.05, 0.1) is 12.5 Å². The van der Waals surface area contributed by atoms with Crippen LogP contribution in [-0.4, -0.2) is 74.8 Å². The Morgan fingerprint density at radius 2 is 1.73 bits per heavy atom. The maximum Gasteiger partial charge on any atom is 0.315 e. The zero-order chi connectivity index (χ0) is 19.7. The van der Waals surface area contributed by atoms with E-state index in [0.717, 1.165) is 12.8 Å². The fourth-order valence-corrected chi connectivity index (χ4v) is 2.69. The van der Waals surface area contributed by atoms with Crippen LogP contribution < -0.4 is 0 Å². The second kappa shape index (κ2) is 11.2. The highest BCUT2D eigenvalue weighted by atomic mass is 16.7. The van der Waals surface area contributed by atoms with E-state index in [1.165, 1.54) is 6.08 Å². The molecule has 150 valence electrons. The zero-order valence-electron chi connectivity index (χ0n) is 14.6. The van der Waals surface area contributed by atoms with E-state index in [1.807, 2.05) is 0 Å². The SMILES string of the molecule is C=CC(CCCCCCC(=O)O)C(=O)OC1O[C@H](CO)[C@@H](O)[C@H](O)[C@H]1O. The molecular weight excluding hydrogens is 348 g/mol. The van der Waals surface area contributed by atoms with Crippen LogP contribution in [0.25, 0.3) is 0 Å². The van der Waals surface area contributed by atoms with Crippen LogP contribution in [0.3, 0.4) is 0 Å². The van der Waals surface area contributed by atoms with Gasteiger partial charge in [0.15, 0.2) is 0 Å². The van der Waals surface area contributed by atoms with Crippen LogP contribution in [0.5, 0.6) is 0 Å². The van der Waals surface area contributed by atoms with Gasteiger partial charge in [-0.05, 0) is 12.8 Å². The Kier molecular flexibility index (Phi) is 9.74. The predicted octanol–water partition coefficient (Wildman–Crippen LogP) is -0.443. The number of carbonyl (C=O) groups is 2. The lowest BCUT2D eigenvalue weighted by Crippen LogP contribution is -2.59. The number of esters is 1. The van der Waals surface area contributed by atoms with Crippen molar-refractivity contribution in [3.05, 3.63) is 12.7 Å². The average molecular weight is 376 g/mol. The van der Waals surface area contributed by atoms with E-state index in [1.54, 1.807) is 0 Å². The summed E-state index contributed by atoms with van der Waals surface area (Å²) in [7, 11) is 0. The summed E-state index contributed by atoms with van der Waals surface area (Å²) in [6.07, 6.45) is -2.75. The number of aliphatic carboxylic acids is 1. The molecule has 26 heavy (non-hydrogen) atoms. The average Bonchev–Trinajstić information content (AvgIpc) is 2.61. The number of aliphatic hydroxyl groups excluding tert-OH is 4. The van der Waals surface area contributed by atoms with Crippen molar-refractivity contribution in [3.8, 4) is 0 Å². The van der Waals surface area contributed by atoms with E-state index in [2.05, 4.69) is 6.58 Å². The number of hydrogen-bond donors (Lipinski definition) is 5. The van der Waals surface area contributed by atoms with Gasteiger partial charge < -0.3 is 35.0 Å². The molecule has 0 aromatic carbocycles. The van der Waals surface area contributed by atoms with Crippen molar-refractivity contribution in [2.45, 2.75) is 69.2 Å². The van der Waals surface area contributed by atoms with Crippen molar-refractivity contribution < 1.29 is 44.6 Å². The molecule has 1 rings (SSSR count). The van der Waals surface area contributed by atoms with E-state index in [-0.39, 0.29) is 6.42 Å². The molecule has 0 spiro atoms. The van der Waals surface area contributed by atoms with Crippen molar-refractivity contribution in [2.24, 2.45) is 5.92 Å². The molecule has 9 heteroatoms. The summed E-state index contributed by atoms with van der Waals surface area (Å²) in [5, 5.41) is 47.0. The van der Waals surface area contributed by atoms with Crippen LogP contribution in [0.2, 0.25) is 0 Å². The van der Waals surface area contributed by atoms with Crippen LogP contribution in [-0.2, 0) is 19.1 Å². The van der Waals surface area contributed by atoms with Gasteiger partial charge in [-0.3, -0.25) is 9.59 Å². The Bertz CT molecular complexity index is 465. The minimum atomic E-state index is -1.64. The molecule has 1 aliphatic heterocycles. The van der Waals surface area contributed by atoms with Gasteiger partial charge in [0.1, 0.15) is 24.4 Å². The van der Waals surface area contributed by atoms with Gasteiger partial charge in [0, 0.05) is 6.42 Å². The van der Waals surface area contributed by atoms with E-state index >= 15 is 0 Å². The first-order chi connectivity index (χ1) is 12.3. The molecule has 0 aromatic heterocycles. The second-order valence-corrected chi connectivity index (χ2v) is 6.32. The minimum Gasteiger partial charge on any atom is -0.481 e. The first-order valence-electron chi connectivity index (χ1n) is 8.67. The third-order valence-electron chi connectivity index (χ3n) is 4.32. The smallest absolute Gasteiger partial charge is 0.315 e. The summed E-state index contributed by atoms with van der Waals surface area (Å²) in [6.45, 7) is 2.97. The summed E-state index contributed by atoms with van der Waals surface area (Å²) >= 11 is 0. The third kappa shape index (κ3) is 6.65. The van der Waals surface area contributed by atoms with E-state index in [9.17, 15) is 24.9 Å². The fraction of sp³-hybridized carbons (Fsp3) is 0.765. The van der Waals surface area contributed by atoms with Crippen LogP contribution >= 0.6 is 0 Å². The summed E-state index contributed by atoms with van der Waals surface area (Å²) in [4.78, 5) is 22.6. The third-order valence-corrected chi connectivity index (χ3v) is 4.32. The van der Waals surface area contributed by atoms with Crippen molar-refractivity contribution >= 4 is 11.9 Å². The normalized spacial score (nSPS) is 29.8. The van der Waals surface area contributed by atoms with Gasteiger partial charge >= 0.3 is 11.9 Å². The van der Waals surface area contributed by atoms with E-state index < -0.39 is 55.2 Å². The zero-order valence-corrected chi connectivity index (χ0v) is 14.6. The molecule has 1 fully saturated rings. The molecule has 5 N–H and O–H groups in total. The number of rotatable bonds is 11. The van der Waals surface area contributed by atoms with Gasteiger partial charge in [0.2, 0.25) is 6.29 Å². The van der Waals surface area contributed by atoms with Crippen LogP contribution in [0.15, 0.2) is 12.7 Å². The Morgan fingerprint density at radius 1 is 1.08 bits per heavy atom. The quantitative estimate of drug-likeness (QED) is 0.183. The van der Waals surface area contributed by atoms with Crippen molar-refractivity contribution in [3.63, 3.8) is 0 Å². The summed E-state index contributed by atoms with van der Waals surface area (Å²) < 4.78 is 10.2. The standard InChI is InChI=1S/C17H28O9/c1-2-10(7-5-3-4-6-8-12(19)20)16(24)26-17-15(23)14(22)13(21)11(9-18)25-17/h2,10-11,13-15,17-18,21-23H,1,3-9H2,(H,19,20)/t10?,11-,13-,14+,15-,17?/m1/s1. The lowest BCUT2D eigenvalue weighted by atomic mass is 9.98. The molecule has 0 aliphatic carbocycles. The molecule has 1 heterocycles. The Hall–Kier alpha value is -1.52. The number of aliphatic hydroxyl groups is 4. The fourth-order valence-electron chi connectivity index (χ4n) is 2.69. The summed E-state index contributed by atoms with van der Waals surface area (Å²) in [6, 6.07) is 0. The molecule has 1 saturated heterocycles. The first kappa shape index (κ1) is 22.5. The van der Waals surface area contributed by atoms with Crippen molar-refractivity contribution in [1.82, 2.24) is 0 Å². The number of carbonyl (C=O) groups excluding carboxylic acids is 1. The highest BCUT2D eigenvalue weighted by Gasteiger charge is 2.45.